The minimum atomic E-state index is -0.651. The van der Waals surface area contributed by atoms with Crippen LogP contribution in [0.4, 0.5) is 0 Å². The van der Waals surface area contributed by atoms with Gasteiger partial charge in [0, 0.05) is 0 Å². The molecule has 4 rings (SSSR count). The Kier molecular flexibility index (Phi) is 7.66. The first-order valence-corrected chi connectivity index (χ1v) is 12.7. The van der Waals surface area contributed by atoms with Gasteiger partial charge in [0.1, 0.15) is 0 Å². The molecule has 0 radical (unpaired) electrons. The number of hydrogen-bond donors (Lipinski definition) is 0. The zero-order valence-electron chi connectivity index (χ0n) is 20.8. The van der Waals surface area contributed by atoms with Crippen LogP contribution < -0.4 is 24.4 Å². The fourth-order valence-corrected chi connectivity index (χ4v) is 5.43. The highest BCUT2D eigenvalue weighted by atomic mass is 35.5. The predicted octanol–water partition coefficient (Wildman–Crippen LogP) is 4.17. The Bertz CT molecular complexity index is 1520. The number of fused-ring (bicyclic) bond motifs is 1. The largest absolute Gasteiger partial charge is 0.493 e. The second-order valence-electron chi connectivity index (χ2n) is 8.18. The number of hydrogen-bond acceptors (Lipinski definition) is 7. The number of nitrogens with zero attached hydrogens (tertiary/aromatic N) is 2. The van der Waals surface area contributed by atoms with Crippen LogP contribution >= 0.6 is 22.9 Å². The molecule has 3 aromatic rings. The second kappa shape index (κ2) is 10.7. The van der Waals surface area contributed by atoms with Crippen LogP contribution in [0.2, 0.25) is 5.02 Å². The van der Waals surface area contributed by atoms with Gasteiger partial charge in [-0.25, -0.2) is 9.79 Å². The van der Waals surface area contributed by atoms with E-state index in [1.165, 1.54) is 18.4 Å². The monoisotopic (exact) mass is 526 g/mol. The third-order valence-corrected chi connectivity index (χ3v) is 7.01. The molecule has 0 spiro atoms. The van der Waals surface area contributed by atoms with Gasteiger partial charge in [-0.1, -0.05) is 52.8 Å². The van der Waals surface area contributed by atoms with E-state index in [1.54, 1.807) is 36.6 Å². The summed E-state index contributed by atoms with van der Waals surface area (Å²) in [5.41, 5.74) is 3.17. The smallest absolute Gasteiger partial charge is 0.338 e. The van der Waals surface area contributed by atoms with Crippen LogP contribution in [0.25, 0.3) is 6.08 Å². The molecule has 0 saturated heterocycles. The van der Waals surface area contributed by atoms with Crippen molar-refractivity contribution < 1.29 is 19.0 Å². The molecule has 188 valence electrons. The lowest BCUT2D eigenvalue weighted by atomic mass is 9.95. The number of esters is 1. The van der Waals surface area contributed by atoms with Crippen molar-refractivity contribution in [3.63, 3.8) is 0 Å². The van der Waals surface area contributed by atoms with Crippen molar-refractivity contribution in [1.82, 2.24) is 4.57 Å². The highest BCUT2D eigenvalue weighted by Gasteiger charge is 2.33. The number of carbonyl (C=O) groups is 1. The molecule has 0 aliphatic carbocycles. The Morgan fingerprint density at radius 3 is 2.53 bits per heavy atom. The fourth-order valence-electron chi connectivity index (χ4n) is 4.11. The number of allylic oxidation sites excluding steroid dienone is 1. The van der Waals surface area contributed by atoms with Crippen LogP contribution in [0.3, 0.4) is 0 Å². The summed E-state index contributed by atoms with van der Waals surface area (Å²) < 4.78 is 18.4. The third-order valence-electron chi connectivity index (χ3n) is 5.75. The maximum atomic E-state index is 13.7. The third kappa shape index (κ3) is 4.83. The molecule has 0 N–H and O–H groups in total. The summed E-state index contributed by atoms with van der Waals surface area (Å²) in [6.07, 6.45) is 1.74. The van der Waals surface area contributed by atoms with E-state index in [1.807, 2.05) is 38.1 Å². The molecular weight excluding hydrogens is 500 g/mol. The molecule has 9 heteroatoms. The number of ether oxygens (including phenoxy) is 3. The number of thiazole rings is 1. The standard InChI is InChI=1S/C27H27ClN2O5S/c1-6-34-24-19(28)12-17(13-20(24)33-5)14-21-25(31)30-23(18-10-8-15(3)9-11-18)22(26(32)35-7-2)16(4)29-27(30)36-21/h8-14,23H,6-7H2,1-5H3/b21-14+/t23-/m0/s1. The maximum Gasteiger partial charge on any atom is 0.338 e. The lowest BCUT2D eigenvalue weighted by Crippen LogP contribution is -2.39. The van der Waals surface area contributed by atoms with Crippen LogP contribution in [-0.4, -0.2) is 30.9 Å². The molecule has 36 heavy (non-hydrogen) atoms. The number of halogens is 1. The number of aryl methyl sites for hydroxylation is 1. The molecule has 1 aliphatic heterocycles. The van der Waals surface area contributed by atoms with Gasteiger partial charge in [-0.2, -0.15) is 0 Å². The number of rotatable bonds is 7. The van der Waals surface area contributed by atoms with Crippen LogP contribution in [-0.2, 0) is 9.53 Å². The topological polar surface area (TPSA) is 79.1 Å². The first-order valence-electron chi connectivity index (χ1n) is 11.6. The van der Waals surface area contributed by atoms with E-state index in [2.05, 4.69) is 4.99 Å². The Balaban J connectivity index is 1.92. The summed E-state index contributed by atoms with van der Waals surface area (Å²) in [5, 5.41) is 0.383. The van der Waals surface area contributed by atoms with E-state index < -0.39 is 12.0 Å². The summed E-state index contributed by atoms with van der Waals surface area (Å²) >= 11 is 7.69. The summed E-state index contributed by atoms with van der Waals surface area (Å²) in [5.74, 6) is 0.442. The van der Waals surface area contributed by atoms with Crippen molar-refractivity contribution in [2.75, 3.05) is 20.3 Å². The van der Waals surface area contributed by atoms with Crippen molar-refractivity contribution in [2.45, 2.75) is 33.7 Å². The minimum Gasteiger partial charge on any atom is -0.493 e. The van der Waals surface area contributed by atoms with E-state index in [4.69, 9.17) is 25.8 Å². The van der Waals surface area contributed by atoms with Gasteiger partial charge in [-0.05, 0) is 57.0 Å². The molecule has 0 saturated carbocycles. The minimum absolute atomic E-state index is 0.223. The number of aromatic nitrogens is 1. The zero-order valence-corrected chi connectivity index (χ0v) is 22.3. The highest BCUT2D eigenvalue weighted by Crippen LogP contribution is 2.36. The molecule has 2 aromatic carbocycles. The predicted molar refractivity (Wildman–Crippen MR) is 141 cm³/mol. The van der Waals surface area contributed by atoms with Crippen molar-refractivity contribution >= 4 is 35.0 Å². The van der Waals surface area contributed by atoms with Crippen LogP contribution in [0.15, 0.2) is 57.5 Å². The van der Waals surface area contributed by atoms with Crippen molar-refractivity contribution in [2.24, 2.45) is 4.99 Å². The fraction of sp³-hybridized carbons (Fsp3) is 0.296. The van der Waals surface area contributed by atoms with Gasteiger partial charge in [-0.3, -0.25) is 9.36 Å². The first kappa shape index (κ1) is 25.7. The molecule has 0 amide bonds. The Morgan fingerprint density at radius 1 is 1.17 bits per heavy atom. The zero-order chi connectivity index (χ0) is 26.0. The quantitative estimate of drug-likeness (QED) is 0.432. The second-order valence-corrected chi connectivity index (χ2v) is 9.60. The molecule has 0 bridgehead atoms. The summed E-state index contributed by atoms with van der Waals surface area (Å²) in [6, 6.07) is 10.6. The Labute approximate surface area is 217 Å². The Hall–Kier alpha value is -3.36. The lowest BCUT2D eigenvalue weighted by molar-refractivity contribution is -0.139. The van der Waals surface area contributed by atoms with Crippen LogP contribution in [0, 0.1) is 6.92 Å². The summed E-state index contributed by atoms with van der Waals surface area (Å²) in [7, 11) is 1.53. The van der Waals surface area contributed by atoms with Crippen LogP contribution in [0.1, 0.15) is 43.5 Å². The van der Waals surface area contributed by atoms with E-state index in [0.717, 1.165) is 11.1 Å². The molecular formula is C27H27ClN2O5S. The van der Waals surface area contributed by atoms with Gasteiger partial charge in [0.2, 0.25) is 0 Å². The molecule has 1 aliphatic rings. The number of benzene rings is 2. The Morgan fingerprint density at radius 2 is 1.89 bits per heavy atom. The summed E-state index contributed by atoms with van der Waals surface area (Å²) in [6.45, 7) is 8.03. The number of carbonyl (C=O) groups excluding carboxylic acids is 1. The highest BCUT2D eigenvalue weighted by molar-refractivity contribution is 7.07. The molecule has 7 nitrogen and oxygen atoms in total. The molecule has 2 heterocycles. The van der Waals surface area contributed by atoms with Crippen LogP contribution in [0.5, 0.6) is 11.5 Å². The molecule has 1 atom stereocenters. The average Bonchev–Trinajstić information content (AvgIpc) is 3.14. The summed E-state index contributed by atoms with van der Waals surface area (Å²) in [4.78, 5) is 31.8. The van der Waals surface area contributed by atoms with Crippen molar-refractivity contribution in [3.05, 3.63) is 89.1 Å². The van der Waals surface area contributed by atoms with Crippen molar-refractivity contribution in [1.29, 1.82) is 0 Å². The van der Waals surface area contributed by atoms with E-state index in [-0.39, 0.29) is 12.2 Å². The van der Waals surface area contributed by atoms with Gasteiger partial charge in [-0.15, -0.1) is 0 Å². The lowest BCUT2D eigenvalue weighted by Gasteiger charge is -2.24. The normalized spacial score (nSPS) is 15.4. The maximum absolute atomic E-state index is 13.7. The van der Waals surface area contributed by atoms with Gasteiger partial charge >= 0.3 is 5.97 Å². The molecule has 1 aromatic heterocycles. The number of methoxy groups -OCH3 is 1. The van der Waals surface area contributed by atoms with Gasteiger partial charge in [0.25, 0.3) is 5.56 Å². The van der Waals surface area contributed by atoms with Gasteiger partial charge in [0.05, 0.1) is 47.2 Å². The molecule has 0 fully saturated rings. The van der Waals surface area contributed by atoms with Crippen molar-refractivity contribution in [3.8, 4) is 11.5 Å². The average molecular weight is 527 g/mol. The van der Waals surface area contributed by atoms with E-state index in [0.29, 0.717) is 49.3 Å². The van der Waals surface area contributed by atoms with E-state index >= 15 is 0 Å². The van der Waals surface area contributed by atoms with Gasteiger partial charge in [0.15, 0.2) is 16.3 Å². The molecule has 0 unspecified atom stereocenters. The first-order chi connectivity index (χ1) is 17.3. The van der Waals surface area contributed by atoms with E-state index in [9.17, 15) is 9.59 Å². The van der Waals surface area contributed by atoms with Gasteiger partial charge < -0.3 is 14.2 Å². The SMILES string of the molecule is CCOC(=O)C1=C(C)N=c2s/c(=C/c3cc(Cl)c(OCC)c(OC)c3)c(=O)n2[C@H]1c1ccc(C)cc1.